The van der Waals surface area contributed by atoms with Crippen LogP contribution in [0.5, 0.6) is 0 Å². The number of hydrogen-bond acceptors (Lipinski definition) is 1. The quantitative estimate of drug-likeness (QED) is 0.408. The maximum Gasteiger partial charge on any atom is 0.0628 e. The molecule has 4 rings (SSSR count). The van der Waals surface area contributed by atoms with Crippen molar-refractivity contribution in [3.05, 3.63) is 11.6 Å². The highest BCUT2D eigenvalue weighted by molar-refractivity contribution is 5.31. The van der Waals surface area contributed by atoms with E-state index in [4.69, 9.17) is 0 Å². The van der Waals surface area contributed by atoms with Crippen LogP contribution in [0.25, 0.3) is 0 Å². The van der Waals surface area contributed by atoms with E-state index >= 15 is 0 Å². The SMILES string of the molecule is CC[C@H](CCC(C)C1CCC2C3CC=C4C(C)(C)[C@@H](O)CC[C@]4(C)C3CC[C@]12C)C(C)C. The summed E-state index contributed by atoms with van der Waals surface area (Å²) >= 11 is 0. The highest BCUT2D eigenvalue weighted by atomic mass is 16.3. The van der Waals surface area contributed by atoms with Gasteiger partial charge in [-0.3, -0.25) is 0 Å². The standard InChI is InChI=1S/C31H54O/c1-9-22(20(2)3)11-10-21(4)24-13-14-25-23-12-15-27-29(5,6)28(32)17-19-31(27,8)26(23)16-18-30(24,25)7/h15,20-26,28,32H,9-14,16-19H2,1-8H3/t21?,22-,23?,24?,25?,26?,28+,30-,31-/m1/s1. The van der Waals surface area contributed by atoms with Crippen LogP contribution in [-0.2, 0) is 0 Å². The number of allylic oxidation sites excluding steroid dienone is 1. The normalized spacial score (nSPS) is 44.9. The van der Waals surface area contributed by atoms with Gasteiger partial charge in [-0.05, 0) is 104 Å². The van der Waals surface area contributed by atoms with E-state index < -0.39 is 0 Å². The predicted octanol–water partition coefficient (Wildman–Crippen LogP) is 8.66. The number of hydrogen-bond donors (Lipinski definition) is 1. The molecule has 0 amide bonds. The van der Waals surface area contributed by atoms with Crippen molar-refractivity contribution in [2.24, 2.45) is 57.7 Å². The van der Waals surface area contributed by atoms with E-state index in [9.17, 15) is 5.11 Å². The number of aliphatic hydroxyl groups is 1. The van der Waals surface area contributed by atoms with Crippen LogP contribution in [0.3, 0.4) is 0 Å². The van der Waals surface area contributed by atoms with E-state index in [0.29, 0.717) is 10.8 Å². The van der Waals surface area contributed by atoms with Crippen LogP contribution >= 0.6 is 0 Å². The molecule has 0 bridgehead atoms. The van der Waals surface area contributed by atoms with Crippen LogP contribution in [0.4, 0.5) is 0 Å². The first-order valence-corrected chi connectivity index (χ1v) is 14.4. The molecule has 0 saturated heterocycles. The van der Waals surface area contributed by atoms with Crippen LogP contribution < -0.4 is 0 Å². The molecule has 0 aliphatic heterocycles. The lowest BCUT2D eigenvalue weighted by molar-refractivity contribution is -0.0783. The molecule has 3 fully saturated rings. The minimum absolute atomic E-state index is 0.0440. The zero-order valence-electron chi connectivity index (χ0n) is 22.7. The molecular weight excluding hydrogens is 388 g/mol. The Labute approximate surface area is 200 Å². The molecule has 0 heterocycles. The highest BCUT2D eigenvalue weighted by Crippen LogP contribution is 2.69. The molecule has 0 aromatic rings. The van der Waals surface area contributed by atoms with Gasteiger partial charge in [0.05, 0.1) is 6.10 Å². The fourth-order valence-corrected chi connectivity index (χ4v) is 10.1. The first-order chi connectivity index (χ1) is 15.0. The third-order valence-corrected chi connectivity index (χ3v) is 12.1. The molecule has 4 aliphatic rings. The summed E-state index contributed by atoms with van der Waals surface area (Å²) in [5, 5.41) is 10.8. The maximum absolute atomic E-state index is 10.8. The van der Waals surface area contributed by atoms with Gasteiger partial charge < -0.3 is 5.11 Å². The molecular formula is C31H54O. The summed E-state index contributed by atoms with van der Waals surface area (Å²) in [6, 6.07) is 0. The van der Waals surface area contributed by atoms with Gasteiger partial charge in [0.25, 0.3) is 0 Å². The fourth-order valence-electron chi connectivity index (χ4n) is 10.1. The van der Waals surface area contributed by atoms with Gasteiger partial charge in [0.15, 0.2) is 0 Å². The number of aliphatic hydroxyl groups excluding tert-OH is 1. The second-order valence-electron chi connectivity index (χ2n) is 14.1. The lowest BCUT2D eigenvalue weighted by Crippen LogP contribution is -2.54. The molecule has 5 unspecified atom stereocenters. The van der Waals surface area contributed by atoms with Crippen molar-refractivity contribution in [2.45, 2.75) is 126 Å². The van der Waals surface area contributed by atoms with Crippen LogP contribution in [0.15, 0.2) is 11.6 Å². The summed E-state index contributed by atoms with van der Waals surface area (Å²) in [5.41, 5.74) is 2.45. The van der Waals surface area contributed by atoms with E-state index in [2.05, 4.69) is 61.5 Å². The maximum atomic E-state index is 10.8. The van der Waals surface area contributed by atoms with Crippen molar-refractivity contribution in [1.82, 2.24) is 0 Å². The average Bonchev–Trinajstić information content (AvgIpc) is 3.08. The van der Waals surface area contributed by atoms with Gasteiger partial charge in [-0.1, -0.05) is 79.9 Å². The summed E-state index contributed by atoms with van der Waals surface area (Å²) in [6.45, 7) is 19.7. The van der Waals surface area contributed by atoms with Crippen LogP contribution in [0.1, 0.15) is 120 Å². The molecule has 0 aromatic heterocycles. The Hall–Kier alpha value is -0.300. The van der Waals surface area contributed by atoms with Crippen LogP contribution in [0, 0.1) is 57.7 Å². The number of fused-ring (bicyclic) bond motifs is 5. The van der Waals surface area contributed by atoms with E-state index in [1.165, 1.54) is 57.8 Å². The largest absolute Gasteiger partial charge is 0.392 e. The Morgan fingerprint density at radius 3 is 2.31 bits per heavy atom. The molecule has 3 saturated carbocycles. The lowest BCUT2D eigenvalue weighted by Gasteiger charge is -2.61. The predicted molar refractivity (Wildman–Crippen MR) is 137 cm³/mol. The molecule has 1 heteroatoms. The minimum atomic E-state index is -0.165. The first kappa shape index (κ1) is 24.8. The van der Waals surface area contributed by atoms with Crippen molar-refractivity contribution < 1.29 is 5.11 Å². The van der Waals surface area contributed by atoms with E-state index in [-0.39, 0.29) is 11.5 Å². The van der Waals surface area contributed by atoms with Gasteiger partial charge in [-0.15, -0.1) is 0 Å². The highest BCUT2D eigenvalue weighted by Gasteiger charge is 2.61. The number of rotatable bonds is 6. The Bertz CT molecular complexity index is 703. The summed E-state index contributed by atoms with van der Waals surface area (Å²) in [7, 11) is 0. The Balaban J connectivity index is 1.52. The molecule has 0 aromatic carbocycles. The molecule has 4 aliphatic carbocycles. The van der Waals surface area contributed by atoms with Gasteiger partial charge >= 0.3 is 0 Å². The topological polar surface area (TPSA) is 20.2 Å². The van der Waals surface area contributed by atoms with E-state index in [1.54, 1.807) is 5.57 Å². The van der Waals surface area contributed by atoms with Crippen LogP contribution in [0.2, 0.25) is 0 Å². The van der Waals surface area contributed by atoms with Gasteiger partial charge in [0.2, 0.25) is 0 Å². The average molecular weight is 443 g/mol. The zero-order chi connectivity index (χ0) is 23.5. The van der Waals surface area contributed by atoms with Crippen molar-refractivity contribution >= 4 is 0 Å². The van der Waals surface area contributed by atoms with E-state index in [0.717, 1.165) is 47.8 Å². The summed E-state index contributed by atoms with van der Waals surface area (Å²) < 4.78 is 0. The van der Waals surface area contributed by atoms with Crippen molar-refractivity contribution in [3.8, 4) is 0 Å². The first-order valence-electron chi connectivity index (χ1n) is 14.4. The lowest BCUT2D eigenvalue weighted by atomic mass is 9.44. The molecule has 32 heavy (non-hydrogen) atoms. The van der Waals surface area contributed by atoms with Gasteiger partial charge in [-0.25, -0.2) is 0 Å². The molecule has 0 spiro atoms. The van der Waals surface area contributed by atoms with E-state index in [1.807, 2.05) is 0 Å². The van der Waals surface area contributed by atoms with Gasteiger partial charge in [0.1, 0.15) is 0 Å². The third-order valence-electron chi connectivity index (χ3n) is 12.1. The second kappa shape index (κ2) is 8.73. The smallest absolute Gasteiger partial charge is 0.0628 e. The van der Waals surface area contributed by atoms with Crippen molar-refractivity contribution in [1.29, 1.82) is 0 Å². The van der Waals surface area contributed by atoms with Gasteiger partial charge in [-0.2, -0.15) is 0 Å². The summed E-state index contributed by atoms with van der Waals surface area (Å²) in [5.74, 6) is 6.19. The summed E-state index contributed by atoms with van der Waals surface area (Å²) in [4.78, 5) is 0. The van der Waals surface area contributed by atoms with Gasteiger partial charge in [0, 0.05) is 5.41 Å². The zero-order valence-corrected chi connectivity index (χ0v) is 22.7. The third kappa shape index (κ3) is 3.76. The monoisotopic (exact) mass is 442 g/mol. The second-order valence-corrected chi connectivity index (χ2v) is 14.1. The van der Waals surface area contributed by atoms with Crippen molar-refractivity contribution in [2.75, 3.05) is 0 Å². The molecule has 9 atom stereocenters. The fraction of sp³-hybridized carbons (Fsp3) is 0.935. The summed E-state index contributed by atoms with van der Waals surface area (Å²) in [6.07, 6.45) is 15.9. The Morgan fingerprint density at radius 1 is 0.938 bits per heavy atom. The van der Waals surface area contributed by atoms with Crippen LogP contribution in [-0.4, -0.2) is 11.2 Å². The molecule has 0 radical (unpaired) electrons. The minimum Gasteiger partial charge on any atom is -0.392 e. The molecule has 1 nitrogen and oxygen atoms in total. The molecule has 1 N–H and O–H groups in total. The molecule has 184 valence electrons. The Kier molecular flexibility index (Phi) is 6.77. The van der Waals surface area contributed by atoms with Crippen molar-refractivity contribution in [3.63, 3.8) is 0 Å². The Morgan fingerprint density at radius 2 is 1.66 bits per heavy atom.